The Hall–Kier alpha value is -0.610. The average Bonchev–Trinajstić information content (AvgIpc) is 2.19. The Morgan fingerprint density at radius 3 is 2.79 bits per heavy atom. The molecule has 1 N–H and O–H groups in total. The first-order chi connectivity index (χ1) is 6.74. The van der Waals surface area contributed by atoms with Gasteiger partial charge in [0, 0.05) is 23.8 Å². The summed E-state index contributed by atoms with van der Waals surface area (Å²) in [5.74, 6) is 0. The molecular formula is C10H14N2S2. The van der Waals surface area contributed by atoms with Crippen LogP contribution in [0.3, 0.4) is 0 Å². The van der Waals surface area contributed by atoms with Crippen LogP contribution in [-0.4, -0.2) is 21.8 Å². The van der Waals surface area contributed by atoms with Crippen molar-refractivity contribution in [2.45, 2.75) is 24.0 Å². The Morgan fingerprint density at radius 1 is 1.57 bits per heavy atom. The standard InChI is InChI=1S/C10H14N2S2/c1-3-12-10(13)8(2)14-9-4-6-11-7-5-9/h4-8H,3H2,1-2H3,(H,12,13). The maximum absolute atomic E-state index is 5.23. The lowest BCUT2D eigenvalue weighted by molar-refractivity contribution is 0.959. The van der Waals surface area contributed by atoms with E-state index < -0.39 is 0 Å². The first-order valence-electron chi connectivity index (χ1n) is 4.58. The van der Waals surface area contributed by atoms with E-state index in [1.165, 1.54) is 4.90 Å². The number of pyridine rings is 1. The molecule has 0 saturated carbocycles. The predicted molar refractivity (Wildman–Crippen MR) is 65.8 cm³/mol. The third kappa shape index (κ3) is 3.64. The molecule has 0 fully saturated rings. The minimum atomic E-state index is 0.312. The fourth-order valence-corrected chi connectivity index (χ4v) is 2.16. The molecule has 0 amide bonds. The van der Waals surface area contributed by atoms with E-state index in [-0.39, 0.29) is 0 Å². The SMILES string of the molecule is CCNC(=S)C(C)Sc1ccncc1. The van der Waals surface area contributed by atoms with Gasteiger partial charge >= 0.3 is 0 Å². The smallest absolute Gasteiger partial charge is 0.0886 e. The van der Waals surface area contributed by atoms with Crippen LogP contribution in [-0.2, 0) is 0 Å². The summed E-state index contributed by atoms with van der Waals surface area (Å²) in [6, 6.07) is 3.99. The van der Waals surface area contributed by atoms with Gasteiger partial charge in [-0.3, -0.25) is 4.98 Å². The first kappa shape index (κ1) is 11.5. The topological polar surface area (TPSA) is 24.9 Å². The molecule has 0 saturated heterocycles. The van der Waals surface area contributed by atoms with Crippen molar-refractivity contribution in [1.82, 2.24) is 10.3 Å². The zero-order valence-electron chi connectivity index (χ0n) is 8.36. The van der Waals surface area contributed by atoms with E-state index in [0.717, 1.165) is 11.5 Å². The molecule has 2 nitrogen and oxygen atoms in total. The van der Waals surface area contributed by atoms with Crippen molar-refractivity contribution >= 4 is 29.0 Å². The summed E-state index contributed by atoms with van der Waals surface area (Å²) in [6.07, 6.45) is 3.59. The van der Waals surface area contributed by atoms with Gasteiger partial charge in [-0.2, -0.15) is 0 Å². The first-order valence-corrected chi connectivity index (χ1v) is 5.87. The number of hydrogen-bond donors (Lipinski definition) is 1. The van der Waals surface area contributed by atoms with Gasteiger partial charge in [-0.25, -0.2) is 0 Å². The zero-order valence-corrected chi connectivity index (χ0v) is 9.99. The molecule has 0 aromatic carbocycles. The van der Waals surface area contributed by atoms with E-state index in [2.05, 4.69) is 24.1 Å². The highest BCUT2D eigenvalue weighted by molar-refractivity contribution is 8.01. The number of nitrogens with one attached hydrogen (secondary N) is 1. The highest BCUT2D eigenvalue weighted by atomic mass is 32.2. The van der Waals surface area contributed by atoms with Gasteiger partial charge in [0.15, 0.2) is 0 Å². The van der Waals surface area contributed by atoms with Gasteiger partial charge in [0.2, 0.25) is 0 Å². The summed E-state index contributed by atoms with van der Waals surface area (Å²) in [7, 11) is 0. The van der Waals surface area contributed by atoms with Crippen molar-refractivity contribution < 1.29 is 0 Å². The van der Waals surface area contributed by atoms with Crippen molar-refractivity contribution in [3.05, 3.63) is 24.5 Å². The van der Waals surface area contributed by atoms with Crippen LogP contribution in [0.2, 0.25) is 0 Å². The van der Waals surface area contributed by atoms with E-state index in [1.807, 2.05) is 12.1 Å². The van der Waals surface area contributed by atoms with Crippen LogP contribution in [0.15, 0.2) is 29.4 Å². The summed E-state index contributed by atoms with van der Waals surface area (Å²) >= 11 is 6.98. The van der Waals surface area contributed by atoms with Crippen LogP contribution in [0.1, 0.15) is 13.8 Å². The summed E-state index contributed by atoms with van der Waals surface area (Å²) in [5.41, 5.74) is 0. The molecule has 1 unspecified atom stereocenters. The summed E-state index contributed by atoms with van der Waals surface area (Å²) in [6.45, 7) is 5.05. The second-order valence-electron chi connectivity index (χ2n) is 2.84. The zero-order chi connectivity index (χ0) is 10.4. The monoisotopic (exact) mass is 226 g/mol. The van der Waals surface area contributed by atoms with Crippen molar-refractivity contribution in [2.24, 2.45) is 0 Å². The Balaban J connectivity index is 2.49. The number of thiocarbonyl (C=S) groups is 1. The van der Waals surface area contributed by atoms with Crippen molar-refractivity contribution in [3.8, 4) is 0 Å². The van der Waals surface area contributed by atoms with Gasteiger partial charge in [0.1, 0.15) is 0 Å². The van der Waals surface area contributed by atoms with Gasteiger partial charge in [-0.15, -0.1) is 11.8 Å². The molecule has 0 aliphatic rings. The molecule has 1 aromatic heterocycles. The minimum Gasteiger partial charge on any atom is -0.379 e. The van der Waals surface area contributed by atoms with Crippen molar-refractivity contribution in [1.29, 1.82) is 0 Å². The molecule has 1 atom stereocenters. The average molecular weight is 226 g/mol. The molecule has 0 aliphatic heterocycles. The van der Waals surface area contributed by atoms with E-state index in [9.17, 15) is 0 Å². The molecule has 0 bridgehead atoms. The van der Waals surface area contributed by atoms with Crippen LogP contribution >= 0.6 is 24.0 Å². The molecule has 4 heteroatoms. The van der Waals surface area contributed by atoms with Gasteiger partial charge in [-0.1, -0.05) is 12.2 Å². The van der Waals surface area contributed by atoms with E-state index >= 15 is 0 Å². The molecule has 1 aromatic rings. The number of aromatic nitrogens is 1. The van der Waals surface area contributed by atoms with Crippen LogP contribution < -0.4 is 5.32 Å². The Labute approximate surface area is 94.5 Å². The maximum atomic E-state index is 5.23. The van der Waals surface area contributed by atoms with Crippen LogP contribution in [0.5, 0.6) is 0 Å². The second kappa shape index (κ2) is 5.98. The molecule has 14 heavy (non-hydrogen) atoms. The van der Waals surface area contributed by atoms with Crippen LogP contribution in [0.4, 0.5) is 0 Å². The fraction of sp³-hybridized carbons (Fsp3) is 0.400. The predicted octanol–water partition coefficient (Wildman–Crippen LogP) is 2.50. The quantitative estimate of drug-likeness (QED) is 0.630. The molecule has 76 valence electrons. The summed E-state index contributed by atoms with van der Waals surface area (Å²) in [4.78, 5) is 6.09. The Morgan fingerprint density at radius 2 is 2.21 bits per heavy atom. The molecule has 0 spiro atoms. The van der Waals surface area contributed by atoms with Gasteiger partial charge in [0.25, 0.3) is 0 Å². The number of hydrogen-bond acceptors (Lipinski definition) is 3. The van der Waals surface area contributed by atoms with Crippen molar-refractivity contribution in [2.75, 3.05) is 6.54 Å². The van der Waals surface area contributed by atoms with Crippen LogP contribution in [0, 0.1) is 0 Å². The lowest BCUT2D eigenvalue weighted by Gasteiger charge is -2.13. The molecule has 1 rings (SSSR count). The Bertz CT molecular complexity index is 287. The van der Waals surface area contributed by atoms with E-state index in [4.69, 9.17) is 12.2 Å². The fourth-order valence-electron chi connectivity index (χ4n) is 0.992. The van der Waals surface area contributed by atoms with Gasteiger partial charge in [0.05, 0.1) is 10.2 Å². The highest BCUT2D eigenvalue weighted by Gasteiger charge is 2.08. The van der Waals surface area contributed by atoms with Gasteiger partial charge in [-0.05, 0) is 26.0 Å². The summed E-state index contributed by atoms with van der Waals surface area (Å²) < 4.78 is 0. The second-order valence-corrected chi connectivity index (χ2v) is 4.69. The number of nitrogens with zero attached hydrogens (tertiary/aromatic N) is 1. The van der Waals surface area contributed by atoms with Crippen LogP contribution in [0.25, 0.3) is 0 Å². The Kier molecular flexibility index (Phi) is 4.90. The maximum Gasteiger partial charge on any atom is 0.0886 e. The minimum absolute atomic E-state index is 0.312. The van der Waals surface area contributed by atoms with E-state index in [0.29, 0.717) is 5.25 Å². The highest BCUT2D eigenvalue weighted by Crippen LogP contribution is 2.22. The largest absolute Gasteiger partial charge is 0.379 e. The number of thioether (sulfide) groups is 1. The lowest BCUT2D eigenvalue weighted by atomic mass is 10.4. The normalized spacial score (nSPS) is 12.1. The van der Waals surface area contributed by atoms with E-state index in [1.54, 1.807) is 24.2 Å². The van der Waals surface area contributed by atoms with Gasteiger partial charge < -0.3 is 5.32 Å². The number of rotatable bonds is 4. The lowest BCUT2D eigenvalue weighted by Crippen LogP contribution is -2.28. The van der Waals surface area contributed by atoms with Crippen molar-refractivity contribution in [3.63, 3.8) is 0 Å². The molecule has 1 heterocycles. The molecule has 0 radical (unpaired) electrons. The third-order valence-electron chi connectivity index (χ3n) is 1.68. The molecular weight excluding hydrogens is 212 g/mol. The molecule has 0 aliphatic carbocycles. The summed E-state index contributed by atoms with van der Waals surface area (Å²) in [5, 5.41) is 3.47. The third-order valence-corrected chi connectivity index (χ3v) is 3.46.